The molecule has 0 heterocycles. The molecule has 4 nitrogen and oxygen atoms in total. The Labute approximate surface area is 119 Å². The van der Waals surface area contributed by atoms with E-state index in [0.717, 1.165) is 17.4 Å². The third-order valence-electron chi connectivity index (χ3n) is 2.61. The van der Waals surface area contributed by atoms with Gasteiger partial charge in [-0.1, -0.05) is 42.5 Å². The zero-order valence-electron chi connectivity index (χ0n) is 11.2. The molecular weight excluding hydrogens is 276 g/mol. The monoisotopic (exact) mass is 292 g/mol. The van der Waals surface area contributed by atoms with Gasteiger partial charge in [0.2, 0.25) is 0 Å². The van der Waals surface area contributed by atoms with Gasteiger partial charge in [-0.25, -0.2) is 0 Å². The first-order valence-corrected chi connectivity index (χ1v) is 7.99. The van der Waals surface area contributed by atoms with Crippen LogP contribution in [0.15, 0.2) is 54.6 Å². The molecular formula is C15H16O4S. The van der Waals surface area contributed by atoms with Gasteiger partial charge < -0.3 is 4.74 Å². The van der Waals surface area contributed by atoms with E-state index >= 15 is 0 Å². The van der Waals surface area contributed by atoms with Crippen LogP contribution in [-0.2, 0) is 14.3 Å². The number of rotatable bonds is 6. The molecule has 2 aromatic carbocycles. The van der Waals surface area contributed by atoms with Gasteiger partial charge >= 0.3 is 0 Å². The van der Waals surface area contributed by atoms with Crippen LogP contribution in [0, 0.1) is 0 Å². The molecule has 0 saturated carbocycles. The van der Waals surface area contributed by atoms with Crippen molar-refractivity contribution in [2.45, 2.75) is 0 Å². The maximum absolute atomic E-state index is 10.8. The van der Waals surface area contributed by atoms with E-state index in [1.54, 1.807) is 0 Å². The summed E-state index contributed by atoms with van der Waals surface area (Å²) in [5.41, 5.74) is 2.24. The molecule has 0 unspecified atom stereocenters. The summed E-state index contributed by atoms with van der Waals surface area (Å²) in [7, 11) is -3.40. The highest BCUT2D eigenvalue weighted by Crippen LogP contribution is 2.21. The summed E-state index contributed by atoms with van der Waals surface area (Å²) in [5.74, 6) is 0.682. The number of benzene rings is 2. The number of ether oxygens (including phenoxy) is 1. The van der Waals surface area contributed by atoms with E-state index in [1.165, 1.54) is 0 Å². The lowest BCUT2D eigenvalue weighted by Gasteiger charge is -2.07. The molecule has 0 amide bonds. The Morgan fingerprint density at radius 2 is 1.45 bits per heavy atom. The van der Waals surface area contributed by atoms with E-state index in [4.69, 9.17) is 4.74 Å². The molecule has 0 radical (unpaired) electrons. The Morgan fingerprint density at radius 3 is 2.05 bits per heavy atom. The Balaban J connectivity index is 1.89. The van der Waals surface area contributed by atoms with Crippen molar-refractivity contribution in [3.63, 3.8) is 0 Å². The second-order valence-corrected chi connectivity index (χ2v) is 5.91. The van der Waals surface area contributed by atoms with Crippen molar-refractivity contribution in [1.29, 1.82) is 0 Å². The SMILES string of the molecule is CS(=O)(=O)OCCOc1ccc(-c2ccccc2)cc1. The van der Waals surface area contributed by atoms with Crippen molar-refractivity contribution in [3.8, 4) is 16.9 Å². The van der Waals surface area contributed by atoms with Crippen LogP contribution in [0.2, 0.25) is 0 Å². The zero-order valence-corrected chi connectivity index (χ0v) is 12.0. The summed E-state index contributed by atoms with van der Waals surface area (Å²) < 4.78 is 31.5. The van der Waals surface area contributed by atoms with E-state index in [2.05, 4.69) is 4.18 Å². The van der Waals surface area contributed by atoms with Crippen LogP contribution in [0.3, 0.4) is 0 Å². The van der Waals surface area contributed by atoms with Crippen LogP contribution in [0.1, 0.15) is 0 Å². The van der Waals surface area contributed by atoms with Crippen molar-refractivity contribution in [1.82, 2.24) is 0 Å². The fourth-order valence-corrected chi connectivity index (χ4v) is 2.09. The smallest absolute Gasteiger partial charge is 0.264 e. The van der Waals surface area contributed by atoms with E-state index in [9.17, 15) is 8.42 Å². The first-order chi connectivity index (χ1) is 9.54. The predicted octanol–water partition coefficient (Wildman–Crippen LogP) is 2.71. The molecule has 0 aromatic heterocycles. The van der Waals surface area contributed by atoms with Crippen molar-refractivity contribution < 1.29 is 17.3 Å². The third kappa shape index (κ3) is 4.68. The molecule has 0 aliphatic heterocycles. The molecule has 2 rings (SSSR count). The highest BCUT2D eigenvalue weighted by molar-refractivity contribution is 7.85. The molecule has 2 aromatic rings. The molecule has 0 spiro atoms. The maximum Gasteiger partial charge on any atom is 0.264 e. The number of hydrogen-bond donors (Lipinski definition) is 0. The van der Waals surface area contributed by atoms with E-state index < -0.39 is 10.1 Å². The van der Waals surface area contributed by atoms with Crippen molar-refractivity contribution in [3.05, 3.63) is 54.6 Å². The molecule has 0 aliphatic rings. The van der Waals surface area contributed by atoms with Crippen LogP contribution in [0.4, 0.5) is 0 Å². The van der Waals surface area contributed by atoms with Crippen molar-refractivity contribution in [2.24, 2.45) is 0 Å². The minimum absolute atomic E-state index is 0.0132. The average Bonchev–Trinajstić information content (AvgIpc) is 2.44. The second-order valence-electron chi connectivity index (χ2n) is 4.26. The van der Waals surface area contributed by atoms with Crippen molar-refractivity contribution >= 4 is 10.1 Å². The maximum atomic E-state index is 10.8. The largest absolute Gasteiger partial charge is 0.491 e. The minimum Gasteiger partial charge on any atom is -0.491 e. The molecule has 0 N–H and O–H groups in total. The lowest BCUT2D eigenvalue weighted by Crippen LogP contribution is -2.11. The van der Waals surface area contributed by atoms with Gasteiger partial charge in [0, 0.05) is 0 Å². The van der Waals surface area contributed by atoms with Gasteiger partial charge in [-0.2, -0.15) is 8.42 Å². The average molecular weight is 292 g/mol. The van der Waals surface area contributed by atoms with Gasteiger partial charge in [0.05, 0.1) is 6.26 Å². The van der Waals surface area contributed by atoms with Gasteiger partial charge in [-0.3, -0.25) is 4.18 Å². The topological polar surface area (TPSA) is 52.6 Å². The van der Waals surface area contributed by atoms with Crippen molar-refractivity contribution in [2.75, 3.05) is 19.5 Å². The predicted molar refractivity (Wildman–Crippen MR) is 78.2 cm³/mol. The fourth-order valence-electron chi connectivity index (χ4n) is 1.72. The normalized spacial score (nSPS) is 11.2. The zero-order chi connectivity index (χ0) is 14.4. The van der Waals surface area contributed by atoms with Gasteiger partial charge in [-0.15, -0.1) is 0 Å². The lowest BCUT2D eigenvalue weighted by atomic mass is 10.1. The lowest BCUT2D eigenvalue weighted by molar-refractivity contribution is 0.222. The Hall–Kier alpha value is -1.85. The molecule has 0 fully saturated rings. The first-order valence-electron chi connectivity index (χ1n) is 6.17. The van der Waals surface area contributed by atoms with Crippen LogP contribution >= 0.6 is 0 Å². The van der Waals surface area contributed by atoms with Crippen LogP contribution in [-0.4, -0.2) is 27.9 Å². The highest BCUT2D eigenvalue weighted by atomic mass is 32.2. The standard InChI is InChI=1S/C15H16O4S/c1-20(16,17)19-12-11-18-15-9-7-14(8-10-15)13-5-3-2-4-6-13/h2-10H,11-12H2,1H3. The Bertz CT molecular complexity index is 633. The molecule has 0 atom stereocenters. The Kier molecular flexibility index (Phi) is 4.76. The molecule has 0 aliphatic carbocycles. The molecule has 20 heavy (non-hydrogen) atoms. The molecule has 106 valence electrons. The Morgan fingerprint density at radius 1 is 0.850 bits per heavy atom. The van der Waals surface area contributed by atoms with E-state index in [0.29, 0.717) is 5.75 Å². The van der Waals surface area contributed by atoms with Gasteiger partial charge in [0.25, 0.3) is 10.1 Å². The molecule has 0 bridgehead atoms. The van der Waals surface area contributed by atoms with Gasteiger partial charge in [-0.05, 0) is 23.3 Å². The number of hydrogen-bond acceptors (Lipinski definition) is 4. The highest BCUT2D eigenvalue weighted by Gasteiger charge is 2.02. The summed E-state index contributed by atoms with van der Waals surface area (Å²) in [6.45, 7) is 0.205. The van der Waals surface area contributed by atoms with Gasteiger partial charge in [0.15, 0.2) is 0 Å². The summed E-state index contributed by atoms with van der Waals surface area (Å²) in [4.78, 5) is 0. The van der Waals surface area contributed by atoms with Crippen LogP contribution < -0.4 is 4.74 Å². The van der Waals surface area contributed by atoms with E-state index in [-0.39, 0.29) is 13.2 Å². The first kappa shape index (κ1) is 14.6. The third-order valence-corrected chi connectivity index (χ3v) is 3.21. The summed E-state index contributed by atoms with van der Waals surface area (Å²) in [6, 6.07) is 17.6. The summed E-state index contributed by atoms with van der Waals surface area (Å²) in [6.07, 6.45) is 1.02. The summed E-state index contributed by atoms with van der Waals surface area (Å²) >= 11 is 0. The minimum atomic E-state index is -3.40. The fraction of sp³-hybridized carbons (Fsp3) is 0.200. The van der Waals surface area contributed by atoms with Crippen LogP contribution in [0.25, 0.3) is 11.1 Å². The summed E-state index contributed by atoms with van der Waals surface area (Å²) in [5, 5.41) is 0. The van der Waals surface area contributed by atoms with E-state index in [1.807, 2.05) is 54.6 Å². The molecule has 5 heteroatoms. The quantitative estimate of drug-likeness (QED) is 0.607. The van der Waals surface area contributed by atoms with Gasteiger partial charge in [0.1, 0.15) is 19.0 Å². The molecule has 0 saturated heterocycles. The van der Waals surface area contributed by atoms with Crippen LogP contribution in [0.5, 0.6) is 5.75 Å². The second kappa shape index (κ2) is 6.54.